The van der Waals surface area contributed by atoms with Crippen LogP contribution in [0.1, 0.15) is 30.4 Å². The van der Waals surface area contributed by atoms with Crippen molar-refractivity contribution in [3.63, 3.8) is 0 Å². The molecule has 2 fully saturated rings. The molecule has 0 spiro atoms. The highest BCUT2D eigenvalue weighted by molar-refractivity contribution is 5.89. The molecule has 130 valence electrons. The first kappa shape index (κ1) is 15.9. The molecule has 1 aromatic carbocycles. The molecule has 0 bridgehead atoms. The molecule has 4 rings (SSSR count). The molecule has 1 saturated heterocycles. The van der Waals surface area contributed by atoms with E-state index in [0.717, 1.165) is 29.7 Å². The van der Waals surface area contributed by atoms with Crippen molar-refractivity contribution in [3.8, 4) is 5.69 Å². The molecule has 6 heteroatoms. The van der Waals surface area contributed by atoms with Crippen LogP contribution in [-0.4, -0.2) is 39.1 Å². The number of hydrogen-bond acceptors (Lipinski definition) is 3. The van der Waals surface area contributed by atoms with Gasteiger partial charge in [-0.25, -0.2) is 4.68 Å². The van der Waals surface area contributed by atoms with Crippen molar-refractivity contribution in [2.24, 2.45) is 5.92 Å². The minimum atomic E-state index is -0.223. The van der Waals surface area contributed by atoms with Crippen LogP contribution in [0.2, 0.25) is 0 Å². The van der Waals surface area contributed by atoms with Gasteiger partial charge in [-0.05, 0) is 31.4 Å². The van der Waals surface area contributed by atoms with Gasteiger partial charge in [0.15, 0.2) is 0 Å². The highest BCUT2D eigenvalue weighted by atomic mass is 16.2. The number of amides is 2. The molecule has 1 aromatic heterocycles. The number of nitrogens with zero attached hydrogens (tertiary/aromatic N) is 3. The zero-order valence-electron chi connectivity index (χ0n) is 14.3. The summed E-state index contributed by atoms with van der Waals surface area (Å²) in [6.07, 6.45) is 6.20. The van der Waals surface area contributed by atoms with Crippen molar-refractivity contribution in [3.05, 3.63) is 47.8 Å². The first-order valence-electron chi connectivity index (χ1n) is 8.78. The number of aromatic nitrogens is 2. The fourth-order valence-corrected chi connectivity index (χ4v) is 3.38. The largest absolute Gasteiger partial charge is 0.352 e. The molecule has 2 aliphatic rings. The van der Waals surface area contributed by atoms with Crippen molar-refractivity contribution in [1.82, 2.24) is 20.0 Å². The molecular weight excluding hydrogens is 316 g/mol. The number of aryl methyl sites for hydroxylation is 1. The Morgan fingerprint density at radius 2 is 2.12 bits per heavy atom. The minimum absolute atomic E-state index is 0.0415. The maximum absolute atomic E-state index is 12.4. The van der Waals surface area contributed by atoms with E-state index in [1.807, 2.05) is 47.0 Å². The Bertz CT molecular complexity index is 809. The van der Waals surface area contributed by atoms with Gasteiger partial charge in [-0.3, -0.25) is 9.59 Å². The zero-order chi connectivity index (χ0) is 17.4. The second-order valence-electron chi connectivity index (χ2n) is 6.98. The van der Waals surface area contributed by atoms with Gasteiger partial charge in [0.05, 0.1) is 17.8 Å². The predicted octanol–water partition coefficient (Wildman–Crippen LogP) is 1.81. The number of benzene rings is 1. The number of para-hydroxylation sites is 1. The van der Waals surface area contributed by atoms with Crippen molar-refractivity contribution >= 4 is 11.8 Å². The first-order valence-corrected chi connectivity index (χ1v) is 8.78. The van der Waals surface area contributed by atoms with E-state index in [9.17, 15) is 9.59 Å². The highest BCUT2D eigenvalue weighted by Gasteiger charge is 2.41. The fraction of sp³-hybridized carbons (Fsp3) is 0.421. The van der Waals surface area contributed by atoms with Crippen LogP contribution in [0.15, 0.2) is 36.7 Å². The van der Waals surface area contributed by atoms with E-state index in [-0.39, 0.29) is 17.7 Å². The molecule has 2 amide bonds. The summed E-state index contributed by atoms with van der Waals surface area (Å²) >= 11 is 0. The molecule has 25 heavy (non-hydrogen) atoms. The van der Waals surface area contributed by atoms with Gasteiger partial charge in [0.25, 0.3) is 0 Å². The lowest BCUT2D eigenvalue weighted by Crippen LogP contribution is -2.33. The number of nitrogens with one attached hydrogen (secondary N) is 1. The summed E-state index contributed by atoms with van der Waals surface area (Å²) in [4.78, 5) is 26.2. The van der Waals surface area contributed by atoms with E-state index in [0.29, 0.717) is 25.6 Å². The molecule has 1 aliphatic carbocycles. The lowest BCUT2D eigenvalue weighted by Gasteiger charge is -2.15. The lowest BCUT2D eigenvalue weighted by atomic mass is 10.1. The Morgan fingerprint density at radius 3 is 2.88 bits per heavy atom. The Hall–Kier alpha value is -2.63. The third-order valence-corrected chi connectivity index (χ3v) is 4.98. The summed E-state index contributed by atoms with van der Waals surface area (Å²) in [5.74, 6) is -0.144. The number of carbonyl (C=O) groups is 2. The zero-order valence-corrected chi connectivity index (χ0v) is 14.3. The van der Waals surface area contributed by atoms with Crippen LogP contribution in [0.4, 0.5) is 0 Å². The quantitative estimate of drug-likeness (QED) is 0.904. The van der Waals surface area contributed by atoms with Gasteiger partial charge < -0.3 is 10.2 Å². The van der Waals surface area contributed by atoms with Crippen LogP contribution >= 0.6 is 0 Å². The maximum atomic E-state index is 12.4. The number of likely N-dealkylation sites (tertiary alicyclic amines) is 1. The van der Waals surface area contributed by atoms with E-state index in [2.05, 4.69) is 10.4 Å². The van der Waals surface area contributed by atoms with Crippen LogP contribution in [0.3, 0.4) is 0 Å². The monoisotopic (exact) mass is 338 g/mol. The van der Waals surface area contributed by atoms with Crippen LogP contribution in [-0.2, 0) is 16.1 Å². The van der Waals surface area contributed by atoms with Gasteiger partial charge in [-0.2, -0.15) is 5.10 Å². The molecule has 1 saturated carbocycles. The van der Waals surface area contributed by atoms with E-state index >= 15 is 0 Å². The summed E-state index contributed by atoms with van der Waals surface area (Å²) < 4.78 is 1.82. The van der Waals surface area contributed by atoms with Crippen LogP contribution < -0.4 is 5.32 Å². The molecule has 6 nitrogen and oxygen atoms in total. The normalized spacial score (nSPS) is 20.1. The third kappa shape index (κ3) is 3.29. The summed E-state index contributed by atoms with van der Waals surface area (Å²) in [5, 5.41) is 7.33. The Morgan fingerprint density at radius 1 is 1.32 bits per heavy atom. The van der Waals surface area contributed by atoms with Crippen molar-refractivity contribution in [2.75, 3.05) is 6.54 Å². The number of rotatable bonds is 5. The molecule has 2 aromatic rings. The van der Waals surface area contributed by atoms with Gasteiger partial charge in [-0.15, -0.1) is 0 Å². The third-order valence-electron chi connectivity index (χ3n) is 4.98. The molecule has 1 aliphatic heterocycles. The summed E-state index contributed by atoms with van der Waals surface area (Å²) in [5.41, 5.74) is 3.12. The van der Waals surface area contributed by atoms with Crippen LogP contribution in [0.5, 0.6) is 0 Å². The predicted molar refractivity (Wildman–Crippen MR) is 93.0 cm³/mol. The average molecular weight is 338 g/mol. The fourth-order valence-electron chi connectivity index (χ4n) is 3.38. The summed E-state index contributed by atoms with van der Waals surface area (Å²) in [6, 6.07) is 8.42. The molecule has 2 heterocycles. The smallest absolute Gasteiger partial charge is 0.225 e. The van der Waals surface area contributed by atoms with E-state index in [1.165, 1.54) is 0 Å². The summed E-state index contributed by atoms with van der Waals surface area (Å²) in [6.45, 7) is 3.04. The Labute approximate surface area is 146 Å². The van der Waals surface area contributed by atoms with Gasteiger partial charge in [0, 0.05) is 37.3 Å². The minimum Gasteiger partial charge on any atom is -0.352 e. The second kappa shape index (κ2) is 6.35. The number of hydrogen-bond donors (Lipinski definition) is 1. The first-order chi connectivity index (χ1) is 12.1. The van der Waals surface area contributed by atoms with E-state index in [1.54, 1.807) is 6.20 Å². The Kier molecular flexibility index (Phi) is 4.03. The van der Waals surface area contributed by atoms with E-state index < -0.39 is 0 Å². The average Bonchev–Trinajstić information content (AvgIpc) is 3.21. The molecule has 1 atom stereocenters. The SMILES string of the molecule is Cc1ccccc1-n1cc(CNC(=O)[C@@H]2CC(=O)N(C3CC3)C2)cn1. The van der Waals surface area contributed by atoms with Gasteiger partial charge in [-0.1, -0.05) is 18.2 Å². The number of carbonyl (C=O) groups excluding carboxylic acids is 2. The standard InChI is InChI=1S/C19H22N4O2/c1-13-4-2-3-5-17(13)23-11-14(10-21-23)9-20-19(25)15-8-18(24)22(12-15)16-6-7-16/h2-5,10-11,15-16H,6-9,12H2,1H3,(H,20,25)/t15-/m1/s1. The highest BCUT2D eigenvalue weighted by Crippen LogP contribution is 2.32. The maximum Gasteiger partial charge on any atom is 0.225 e. The van der Waals surface area contributed by atoms with Crippen LogP contribution in [0, 0.1) is 12.8 Å². The van der Waals surface area contributed by atoms with Crippen molar-refractivity contribution < 1.29 is 9.59 Å². The van der Waals surface area contributed by atoms with Gasteiger partial charge in [0.2, 0.25) is 11.8 Å². The van der Waals surface area contributed by atoms with Crippen molar-refractivity contribution in [1.29, 1.82) is 0 Å². The van der Waals surface area contributed by atoms with Crippen molar-refractivity contribution in [2.45, 2.75) is 38.8 Å². The van der Waals surface area contributed by atoms with Gasteiger partial charge >= 0.3 is 0 Å². The van der Waals surface area contributed by atoms with E-state index in [4.69, 9.17) is 0 Å². The molecule has 0 unspecified atom stereocenters. The molecular formula is C19H22N4O2. The van der Waals surface area contributed by atoms with Crippen LogP contribution in [0.25, 0.3) is 5.69 Å². The molecule has 0 radical (unpaired) electrons. The lowest BCUT2D eigenvalue weighted by molar-refractivity contribution is -0.129. The second-order valence-corrected chi connectivity index (χ2v) is 6.98. The summed E-state index contributed by atoms with van der Waals surface area (Å²) in [7, 11) is 0. The topological polar surface area (TPSA) is 67.2 Å². The Balaban J connectivity index is 1.35. The molecule has 1 N–H and O–H groups in total. The van der Waals surface area contributed by atoms with Gasteiger partial charge in [0.1, 0.15) is 0 Å².